The van der Waals surface area contributed by atoms with Gasteiger partial charge in [-0.05, 0) is 6.07 Å². The molecule has 1 N–H and O–H groups in total. The van der Waals surface area contributed by atoms with E-state index in [0.717, 1.165) is 6.54 Å². The number of furan rings is 1. The monoisotopic (exact) mass is 265 g/mol. The molecular weight excluding hydrogens is 250 g/mol. The molecule has 102 valence electrons. The van der Waals surface area contributed by atoms with Crippen molar-refractivity contribution in [2.24, 2.45) is 0 Å². The minimum Gasteiger partial charge on any atom is -0.437 e. The maximum Gasteiger partial charge on any atom is 0.433 e. The fourth-order valence-corrected chi connectivity index (χ4v) is 1.57. The molecular formula is C12H15N3O4. The summed E-state index contributed by atoms with van der Waals surface area (Å²) in [5, 5.41) is 13.8. The normalized spacial score (nSPS) is 11.1. The van der Waals surface area contributed by atoms with Gasteiger partial charge in [0, 0.05) is 19.0 Å². The highest BCUT2D eigenvalue weighted by Crippen LogP contribution is 2.26. The van der Waals surface area contributed by atoms with Crippen molar-refractivity contribution in [2.75, 3.05) is 6.54 Å². The summed E-state index contributed by atoms with van der Waals surface area (Å²) in [5.74, 6) is 0.964. The first-order chi connectivity index (χ1) is 9.06. The molecule has 0 aliphatic rings. The third kappa shape index (κ3) is 3.41. The van der Waals surface area contributed by atoms with E-state index < -0.39 is 4.92 Å². The predicted molar refractivity (Wildman–Crippen MR) is 67.7 cm³/mol. The van der Waals surface area contributed by atoms with Gasteiger partial charge in [-0.3, -0.25) is 10.1 Å². The maximum atomic E-state index is 10.5. The number of hydrogen-bond acceptors (Lipinski definition) is 6. The molecule has 0 unspecified atom stereocenters. The van der Waals surface area contributed by atoms with Crippen molar-refractivity contribution in [2.45, 2.75) is 26.3 Å². The molecule has 19 heavy (non-hydrogen) atoms. The van der Waals surface area contributed by atoms with Crippen molar-refractivity contribution in [1.82, 2.24) is 10.3 Å². The van der Waals surface area contributed by atoms with Gasteiger partial charge in [0.2, 0.25) is 0 Å². The van der Waals surface area contributed by atoms with Gasteiger partial charge in [0.05, 0.1) is 12.3 Å². The van der Waals surface area contributed by atoms with E-state index in [1.165, 1.54) is 18.3 Å². The second-order valence-electron chi connectivity index (χ2n) is 4.37. The van der Waals surface area contributed by atoms with Crippen LogP contribution in [0.25, 0.3) is 11.5 Å². The van der Waals surface area contributed by atoms with E-state index in [9.17, 15) is 10.1 Å². The van der Waals surface area contributed by atoms with Gasteiger partial charge in [0.15, 0.2) is 17.4 Å². The average molecular weight is 265 g/mol. The lowest BCUT2D eigenvalue weighted by Crippen LogP contribution is -2.24. The van der Waals surface area contributed by atoms with E-state index in [1.807, 2.05) is 0 Å². The van der Waals surface area contributed by atoms with Crippen LogP contribution in [0, 0.1) is 10.1 Å². The fourth-order valence-electron chi connectivity index (χ4n) is 1.57. The van der Waals surface area contributed by atoms with E-state index in [4.69, 9.17) is 8.83 Å². The Kier molecular flexibility index (Phi) is 3.96. The highest BCUT2D eigenvalue weighted by molar-refractivity contribution is 5.50. The van der Waals surface area contributed by atoms with Crippen LogP contribution in [0.4, 0.5) is 5.88 Å². The zero-order valence-electron chi connectivity index (χ0n) is 10.8. The molecule has 0 saturated heterocycles. The number of nitrogens with zero attached hydrogens (tertiary/aromatic N) is 2. The molecule has 2 aromatic heterocycles. The topological polar surface area (TPSA) is 94.3 Å². The van der Waals surface area contributed by atoms with Crippen molar-refractivity contribution in [1.29, 1.82) is 0 Å². The Labute approximate surface area is 109 Å². The Morgan fingerprint density at radius 1 is 1.37 bits per heavy atom. The Balaban J connectivity index is 2.01. The van der Waals surface area contributed by atoms with Crippen LogP contribution in [0.1, 0.15) is 19.7 Å². The van der Waals surface area contributed by atoms with Crippen LogP contribution < -0.4 is 5.32 Å². The largest absolute Gasteiger partial charge is 0.437 e. The van der Waals surface area contributed by atoms with Crippen molar-refractivity contribution < 1.29 is 13.8 Å². The number of hydrogen-bond donors (Lipinski definition) is 1. The quantitative estimate of drug-likeness (QED) is 0.636. The number of nitrogens with one attached hydrogen (secondary N) is 1. The molecule has 7 heteroatoms. The second-order valence-corrected chi connectivity index (χ2v) is 4.37. The first kappa shape index (κ1) is 13.3. The van der Waals surface area contributed by atoms with E-state index in [2.05, 4.69) is 24.1 Å². The molecule has 0 aliphatic carbocycles. The van der Waals surface area contributed by atoms with Gasteiger partial charge in [0.1, 0.15) is 4.92 Å². The summed E-state index contributed by atoms with van der Waals surface area (Å²) in [6.45, 7) is 4.88. The molecule has 0 atom stereocenters. The molecule has 0 bridgehead atoms. The van der Waals surface area contributed by atoms with Crippen molar-refractivity contribution in [3.8, 4) is 11.5 Å². The van der Waals surface area contributed by atoms with Gasteiger partial charge < -0.3 is 14.2 Å². The summed E-state index contributed by atoms with van der Waals surface area (Å²) >= 11 is 0. The van der Waals surface area contributed by atoms with E-state index >= 15 is 0 Å². The van der Waals surface area contributed by atoms with Gasteiger partial charge in [-0.15, -0.1) is 0 Å². The van der Waals surface area contributed by atoms with Gasteiger partial charge >= 0.3 is 5.88 Å². The van der Waals surface area contributed by atoms with E-state index in [1.54, 1.807) is 0 Å². The molecule has 2 heterocycles. The lowest BCUT2D eigenvalue weighted by Gasteiger charge is -2.05. The Morgan fingerprint density at radius 3 is 2.79 bits per heavy atom. The molecule has 0 aliphatic heterocycles. The van der Waals surface area contributed by atoms with Crippen molar-refractivity contribution >= 4 is 5.88 Å². The third-order valence-electron chi connectivity index (χ3n) is 2.46. The van der Waals surface area contributed by atoms with Gasteiger partial charge in [0.25, 0.3) is 0 Å². The van der Waals surface area contributed by atoms with Crippen LogP contribution in [0.2, 0.25) is 0 Å². The SMILES string of the molecule is CC(C)NCCc1ncc(-c2ccc([N+](=O)[O-])o2)o1. The van der Waals surface area contributed by atoms with Crippen LogP contribution in [0.5, 0.6) is 0 Å². The summed E-state index contributed by atoms with van der Waals surface area (Å²) in [6.07, 6.45) is 2.16. The number of oxazole rings is 1. The molecule has 0 aromatic carbocycles. The smallest absolute Gasteiger partial charge is 0.433 e. The fraction of sp³-hybridized carbons (Fsp3) is 0.417. The Morgan fingerprint density at radius 2 is 2.16 bits per heavy atom. The zero-order valence-corrected chi connectivity index (χ0v) is 10.8. The summed E-state index contributed by atoms with van der Waals surface area (Å²) in [7, 11) is 0. The Hall–Kier alpha value is -2.15. The lowest BCUT2D eigenvalue weighted by molar-refractivity contribution is -0.401. The minimum atomic E-state index is -0.590. The lowest BCUT2D eigenvalue weighted by atomic mass is 10.3. The standard InChI is InChI=1S/C12H15N3O4/c1-8(2)13-6-5-11-14-7-10(18-11)9-3-4-12(19-9)15(16)17/h3-4,7-8,13H,5-6H2,1-2H3. The van der Waals surface area contributed by atoms with Crippen LogP contribution in [0.15, 0.2) is 27.2 Å². The van der Waals surface area contributed by atoms with Gasteiger partial charge in [-0.25, -0.2) is 4.98 Å². The molecule has 0 amide bonds. The predicted octanol–water partition coefficient (Wildman–Crippen LogP) is 2.38. The Bertz CT molecular complexity index is 559. The molecule has 7 nitrogen and oxygen atoms in total. The highest BCUT2D eigenvalue weighted by atomic mass is 16.6. The molecule has 0 radical (unpaired) electrons. The first-order valence-electron chi connectivity index (χ1n) is 5.99. The van der Waals surface area contributed by atoms with Gasteiger partial charge in [-0.1, -0.05) is 13.8 Å². The summed E-state index contributed by atoms with van der Waals surface area (Å²) in [6, 6.07) is 3.19. The van der Waals surface area contributed by atoms with E-state index in [0.29, 0.717) is 29.9 Å². The van der Waals surface area contributed by atoms with Gasteiger partial charge in [-0.2, -0.15) is 0 Å². The number of rotatable bonds is 6. The van der Waals surface area contributed by atoms with Crippen molar-refractivity contribution in [3.05, 3.63) is 34.3 Å². The molecule has 0 spiro atoms. The summed E-state index contributed by atoms with van der Waals surface area (Å²) in [5.41, 5.74) is 0. The minimum absolute atomic E-state index is 0.308. The summed E-state index contributed by atoms with van der Waals surface area (Å²) in [4.78, 5) is 14.0. The van der Waals surface area contributed by atoms with Crippen LogP contribution in [0.3, 0.4) is 0 Å². The molecule has 0 saturated carbocycles. The zero-order chi connectivity index (χ0) is 13.8. The van der Waals surface area contributed by atoms with E-state index in [-0.39, 0.29) is 5.88 Å². The maximum absolute atomic E-state index is 10.5. The molecule has 0 fully saturated rings. The van der Waals surface area contributed by atoms with Crippen LogP contribution in [-0.2, 0) is 6.42 Å². The molecule has 2 rings (SSSR count). The molecule has 2 aromatic rings. The average Bonchev–Trinajstić information content (AvgIpc) is 2.95. The van der Waals surface area contributed by atoms with Crippen LogP contribution in [-0.4, -0.2) is 22.5 Å². The number of nitro groups is 1. The number of aromatic nitrogens is 1. The highest BCUT2D eigenvalue weighted by Gasteiger charge is 2.16. The second kappa shape index (κ2) is 5.66. The first-order valence-corrected chi connectivity index (χ1v) is 5.99. The van der Waals surface area contributed by atoms with Crippen molar-refractivity contribution in [3.63, 3.8) is 0 Å². The third-order valence-corrected chi connectivity index (χ3v) is 2.46. The van der Waals surface area contributed by atoms with Crippen LogP contribution >= 0.6 is 0 Å². The summed E-state index contributed by atoms with van der Waals surface area (Å²) < 4.78 is 10.5.